The highest BCUT2D eigenvalue weighted by molar-refractivity contribution is 7.99. The number of carbonyl (C=O) groups excluding carboxylic acids is 2. The SMILES string of the molecule is CC(C)SCC[C@@H](N)C(O)C(=O)NNC(=O)c1cccc(O)c1. The molecule has 1 aromatic carbocycles. The third-order valence-electron chi connectivity index (χ3n) is 2.98. The number of nitrogens with one attached hydrogen (secondary N) is 2. The van der Waals surface area contributed by atoms with Crippen LogP contribution in [0.1, 0.15) is 30.6 Å². The van der Waals surface area contributed by atoms with Gasteiger partial charge in [-0.1, -0.05) is 19.9 Å². The Morgan fingerprint density at radius 1 is 1.30 bits per heavy atom. The van der Waals surface area contributed by atoms with Crippen molar-refractivity contribution in [1.82, 2.24) is 10.9 Å². The molecule has 1 aromatic rings. The van der Waals surface area contributed by atoms with Gasteiger partial charge in [0.05, 0.1) is 0 Å². The van der Waals surface area contributed by atoms with Crippen LogP contribution in [0, 0.1) is 0 Å². The molecule has 8 heteroatoms. The Hall–Kier alpha value is -1.77. The molecule has 0 saturated heterocycles. The zero-order chi connectivity index (χ0) is 17.4. The molecule has 2 atom stereocenters. The Labute approximate surface area is 139 Å². The molecule has 2 amide bonds. The van der Waals surface area contributed by atoms with Crippen molar-refractivity contribution in [3.63, 3.8) is 0 Å². The number of phenolic OH excluding ortho intramolecular Hbond substituents is 1. The van der Waals surface area contributed by atoms with Crippen LogP contribution in [0.2, 0.25) is 0 Å². The lowest BCUT2D eigenvalue weighted by atomic mass is 10.1. The van der Waals surface area contributed by atoms with E-state index in [4.69, 9.17) is 5.73 Å². The van der Waals surface area contributed by atoms with Crippen molar-refractivity contribution in [2.45, 2.75) is 37.7 Å². The number of amides is 2. The highest BCUT2D eigenvalue weighted by atomic mass is 32.2. The van der Waals surface area contributed by atoms with Crippen molar-refractivity contribution in [2.75, 3.05) is 5.75 Å². The molecule has 6 N–H and O–H groups in total. The standard InChI is InChI=1S/C15H23N3O4S/c1-9(2)23-7-6-12(16)13(20)15(22)18-17-14(21)10-4-3-5-11(19)8-10/h3-5,8-9,12-13,19-20H,6-7,16H2,1-2H3,(H,17,21)(H,18,22)/t12-,13?/m1/s1. The lowest BCUT2D eigenvalue weighted by Crippen LogP contribution is -2.52. The second kappa shape index (κ2) is 9.39. The molecule has 1 rings (SSSR count). The number of phenols is 1. The minimum absolute atomic E-state index is 0.0614. The number of aliphatic hydroxyl groups is 1. The van der Waals surface area contributed by atoms with Crippen molar-refractivity contribution < 1.29 is 19.8 Å². The quantitative estimate of drug-likeness (QED) is 0.457. The van der Waals surface area contributed by atoms with Gasteiger partial charge in [-0.3, -0.25) is 20.4 Å². The average Bonchev–Trinajstić information content (AvgIpc) is 2.50. The molecular formula is C15H23N3O4S. The first-order valence-electron chi connectivity index (χ1n) is 7.25. The number of hydrogen-bond acceptors (Lipinski definition) is 6. The van der Waals surface area contributed by atoms with E-state index in [1.165, 1.54) is 24.3 Å². The van der Waals surface area contributed by atoms with Crippen molar-refractivity contribution in [1.29, 1.82) is 0 Å². The topological polar surface area (TPSA) is 125 Å². The van der Waals surface area contributed by atoms with Crippen LogP contribution in [0.3, 0.4) is 0 Å². The van der Waals surface area contributed by atoms with E-state index in [0.29, 0.717) is 11.7 Å². The molecule has 0 heterocycles. The Morgan fingerprint density at radius 2 is 2.00 bits per heavy atom. The van der Waals surface area contributed by atoms with Crippen molar-refractivity contribution in [2.24, 2.45) is 5.73 Å². The van der Waals surface area contributed by atoms with Crippen LogP contribution >= 0.6 is 11.8 Å². The van der Waals surface area contributed by atoms with Gasteiger partial charge in [-0.05, 0) is 35.6 Å². The second-order valence-corrected chi connectivity index (χ2v) is 7.00. The van der Waals surface area contributed by atoms with Crippen LogP contribution in [-0.2, 0) is 4.79 Å². The predicted octanol–water partition coefficient (Wildman–Crippen LogP) is 0.373. The number of thioether (sulfide) groups is 1. The third-order valence-corrected chi connectivity index (χ3v) is 4.12. The number of benzene rings is 1. The number of nitrogens with two attached hydrogens (primary N) is 1. The van der Waals surface area contributed by atoms with E-state index >= 15 is 0 Å². The van der Waals surface area contributed by atoms with Crippen molar-refractivity contribution in [3.8, 4) is 5.75 Å². The van der Waals surface area contributed by atoms with Gasteiger partial charge in [0.2, 0.25) is 0 Å². The van der Waals surface area contributed by atoms with E-state index in [1.807, 2.05) is 0 Å². The predicted molar refractivity (Wildman–Crippen MR) is 89.9 cm³/mol. The average molecular weight is 341 g/mol. The molecule has 0 spiro atoms. The summed E-state index contributed by atoms with van der Waals surface area (Å²) in [5.41, 5.74) is 10.2. The number of hydrogen-bond donors (Lipinski definition) is 5. The first kappa shape index (κ1) is 19.3. The van der Waals surface area contributed by atoms with Crippen molar-refractivity contribution >= 4 is 23.6 Å². The highest BCUT2D eigenvalue weighted by Gasteiger charge is 2.23. The number of carbonyl (C=O) groups is 2. The fourth-order valence-corrected chi connectivity index (χ4v) is 2.58. The zero-order valence-electron chi connectivity index (χ0n) is 13.2. The normalized spacial score (nSPS) is 13.4. The number of aliphatic hydroxyl groups excluding tert-OH is 1. The van der Waals surface area contributed by atoms with Gasteiger partial charge < -0.3 is 15.9 Å². The molecule has 0 aromatic heterocycles. The summed E-state index contributed by atoms with van der Waals surface area (Å²) in [6.07, 6.45) is -0.926. The summed E-state index contributed by atoms with van der Waals surface area (Å²) in [6.45, 7) is 4.10. The van der Waals surface area contributed by atoms with Crippen LogP contribution in [-0.4, -0.2) is 45.2 Å². The summed E-state index contributed by atoms with van der Waals surface area (Å²) in [6, 6.07) is 4.95. The van der Waals surface area contributed by atoms with Crippen LogP contribution in [0.4, 0.5) is 0 Å². The third kappa shape index (κ3) is 6.89. The van der Waals surface area contributed by atoms with E-state index in [9.17, 15) is 19.8 Å². The molecule has 0 aliphatic heterocycles. The molecule has 0 fully saturated rings. The van der Waals surface area contributed by atoms with Crippen LogP contribution < -0.4 is 16.6 Å². The molecule has 23 heavy (non-hydrogen) atoms. The van der Waals surface area contributed by atoms with Gasteiger partial charge in [-0.2, -0.15) is 11.8 Å². The first-order valence-corrected chi connectivity index (χ1v) is 8.30. The minimum atomic E-state index is -1.41. The van der Waals surface area contributed by atoms with Crippen LogP contribution in [0.25, 0.3) is 0 Å². The van der Waals surface area contributed by atoms with E-state index in [1.54, 1.807) is 11.8 Å². The molecule has 128 valence electrons. The van der Waals surface area contributed by atoms with E-state index in [2.05, 4.69) is 24.7 Å². The molecule has 7 nitrogen and oxygen atoms in total. The maximum atomic E-state index is 11.8. The Morgan fingerprint density at radius 3 is 2.61 bits per heavy atom. The monoisotopic (exact) mass is 341 g/mol. The molecule has 0 aliphatic rings. The maximum Gasteiger partial charge on any atom is 0.269 e. The summed E-state index contributed by atoms with van der Waals surface area (Å²) >= 11 is 1.69. The molecular weight excluding hydrogens is 318 g/mol. The summed E-state index contributed by atoms with van der Waals surface area (Å²) < 4.78 is 0. The fourth-order valence-electron chi connectivity index (χ4n) is 1.70. The molecule has 0 bridgehead atoms. The lowest BCUT2D eigenvalue weighted by Gasteiger charge is -2.18. The van der Waals surface area contributed by atoms with Gasteiger partial charge >= 0.3 is 0 Å². The van der Waals surface area contributed by atoms with E-state index in [-0.39, 0.29) is 11.3 Å². The van der Waals surface area contributed by atoms with Gasteiger partial charge in [-0.15, -0.1) is 0 Å². The maximum absolute atomic E-state index is 11.8. The van der Waals surface area contributed by atoms with Gasteiger partial charge in [0.15, 0.2) is 0 Å². The summed E-state index contributed by atoms with van der Waals surface area (Å²) in [5.74, 6) is -0.710. The highest BCUT2D eigenvalue weighted by Crippen LogP contribution is 2.12. The van der Waals surface area contributed by atoms with Gasteiger partial charge in [-0.25, -0.2) is 0 Å². The summed E-state index contributed by atoms with van der Waals surface area (Å²) in [5, 5.41) is 19.6. The van der Waals surface area contributed by atoms with E-state index in [0.717, 1.165) is 5.75 Å². The summed E-state index contributed by atoms with van der Waals surface area (Å²) in [4.78, 5) is 23.6. The van der Waals surface area contributed by atoms with Crippen molar-refractivity contribution in [3.05, 3.63) is 29.8 Å². The molecule has 0 saturated carbocycles. The molecule has 1 unspecified atom stereocenters. The van der Waals surface area contributed by atoms with Crippen LogP contribution in [0.5, 0.6) is 5.75 Å². The Bertz CT molecular complexity index is 539. The Balaban J connectivity index is 2.41. The Kier molecular flexibility index (Phi) is 7.87. The zero-order valence-corrected chi connectivity index (χ0v) is 14.0. The number of aromatic hydroxyl groups is 1. The fraction of sp³-hybridized carbons (Fsp3) is 0.467. The number of hydrazine groups is 1. The van der Waals surface area contributed by atoms with Gasteiger partial charge in [0, 0.05) is 11.6 Å². The van der Waals surface area contributed by atoms with Gasteiger partial charge in [0.1, 0.15) is 11.9 Å². The van der Waals surface area contributed by atoms with E-state index < -0.39 is 24.0 Å². The number of rotatable bonds is 7. The van der Waals surface area contributed by atoms with Gasteiger partial charge in [0.25, 0.3) is 11.8 Å². The summed E-state index contributed by atoms with van der Waals surface area (Å²) in [7, 11) is 0. The first-order chi connectivity index (χ1) is 10.8. The second-order valence-electron chi connectivity index (χ2n) is 5.31. The van der Waals surface area contributed by atoms with Crippen LogP contribution in [0.15, 0.2) is 24.3 Å². The largest absolute Gasteiger partial charge is 0.508 e. The lowest BCUT2D eigenvalue weighted by molar-refractivity contribution is -0.131. The molecule has 0 aliphatic carbocycles. The molecule has 0 radical (unpaired) electrons. The smallest absolute Gasteiger partial charge is 0.269 e. The minimum Gasteiger partial charge on any atom is -0.508 e.